The van der Waals surface area contributed by atoms with E-state index in [4.69, 9.17) is 17.3 Å². The minimum Gasteiger partial charge on any atom is -0.370 e. The van der Waals surface area contributed by atoms with Crippen molar-refractivity contribution in [3.05, 3.63) is 34.9 Å². The second-order valence-electron chi connectivity index (χ2n) is 4.11. The summed E-state index contributed by atoms with van der Waals surface area (Å²) in [6.07, 6.45) is 2.44. The number of rotatable bonds is 3. The first-order valence-corrected chi connectivity index (χ1v) is 5.82. The average Bonchev–Trinajstić information content (AvgIpc) is 3.10. The maximum absolute atomic E-state index is 6.04. The lowest BCUT2D eigenvalue weighted by Gasteiger charge is -2.16. The summed E-state index contributed by atoms with van der Waals surface area (Å²) >= 11 is 6.04. The average molecular weight is 238 g/mol. The molecule has 0 spiro atoms. The Kier molecular flexibility index (Phi) is 3.34. The van der Waals surface area contributed by atoms with Crippen molar-refractivity contribution < 1.29 is 0 Å². The number of nitrogens with two attached hydrogens (primary N) is 1. The number of halogens is 1. The molecule has 0 radical (unpaired) electrons. The van der Waals surface area contributed by atoms with Crippen LogP contribution in [0.1, 0.15) is 18.4 Å². The van der Waals surface area contributed by atoms with Crippen LogP contribution in [0.15, 0.2) is 29.3 Å². The molecule has 86 valence electrons. The third-order valence-electron chi connectivity index (χ3n) is 2.83. The summed E-state index contributed by atoms with van der Waals surface area (Å²) in [7, 11) is 1.99. The molecule has 0 saturated heterocycles. The van der Waals surface area contributed by atoms with E-state index in [1.807, 2.05) is 36.2 Å². The van der Waals surface area contributed by atoms with E-state index in [1.165, 1.54) is 12.8 Å². The molecule has 4 heteroatoms. The maximum Gasteiger partial charge on any atom is 0.191 e. The SMILES string of the molecule is CN(C(N)=NCc1ccccc1Cl)C1CC1. The molecule has 2 N–H and O–H groups in total. The molecule has 16 heavy (non-hydrogen) atoms. The van der Waals surface area contributed by atoms with Crippen LogP contribution in [-0.2, 0) is 6.54 Å². The molecule has 1 aromatic carbocycles. The highest BCUT2D eigenvalue weighted by Gasteiger charge is 2.27. The molecule has 1 aromatic rings. The molecule has 0 unspecified atom stereocenters. The van der Waals surface area contributed by atoms with Crippen LogP contribution >= 0.6 is 11.6 Å². The normalized spacial score (nSPS) is 16.2. The maximum atomic E-state index is 6.04. The predicted molar refractivity (Wildman–Crippen MR) is 67.6 cm³/mol. The van der Waals surface area contributed by atoms with E-state index in [-0.39, 0.29) is 0 Å². The number of aliphatic imine (C=N–C) groups is 1. The van der Waals surface area contributed by atoms with Crippen LogP contribution in [0.5, 0.6) is 0 Å². The van der Waals surface area contributed by atoms with Gasteiger partial charge in [-0.2, -0.15) is 0 Å². The Labute approximate surface area is 101 Å². The molecule has 2 rings (SSSR count). The van der Waals surface area contributed by atoms with Gasteiger partial charge in [-0.25, -0.2) is 4.99 Å². The molecule has 0 heterocycles. The van der Waals surface area contributed by atoms with E-state index >= 15 is 0 Å². The summed E-state index contributed by atoms with van der Waals surface area (Å²) < 4.78 is 0. The molecule has 1 fully saturated rings. The van der Waals surface area contributed by atoms with Crippen molar-refractivity contribution in [2.75, 3.05) is 7.05 Å². The van der Waals surface area contributed by atoms with Crippen LogP contribution < -0.4 is 5.73 Å². The van der Waals surface area contributed by atoms with Crippen molar-refractivity contribution in [1.82, 2.24) is 4.90 Å². The number of hydrogen-bond donors (Lipinski definition) is 1. The Bertz CT molecular complexity index is 399. The Hall–Kier alpha value is -1.22. The van der Waals surface area contributed by atoms with Crippen LogP contribution in [0.2, 0.25) is 5.02 Å². The van der Waals surface area contributed by atoms with Crippen molar-refractivity contribution >= 4 is 17.6 Å². The molecule has 0 atom stereocenters. The summed E-state index contributed by atoms with van der Waals surface area (Å²) in [5.74, 6) is 0.599. The van der Waals surface area contributed by atoms with Gasteiger partial charge in [0.1, 0.15) is 0 Å². The second-order valence-corrected chi connectivity index (χ2v) is 4.52. The third kappa shape index (κ3) is 2.67. The van der Waals surface area contributed by atoms with Crippen molar-refractivity contribution in [2.24, 2.45) is 10.7 Å². The van der Waals surface area contributed by atoms with Gasteiger partial charge in [-0.05, 0) is 24.5 Å². The summed E-state index contributed by atoms with van der Waals surface area (Å²) in [5, 5.41) is 0.744. The third-order valence-corrected chi connectivity index (χ3v) is 3.19. The Morgan fingerprint density at radius 1 is 1.50 bits per heavy atom. The Balaban J connectivity index is 1.99. The molecular formula is C12H16ClN3. The summed E-state index contributed by atoms with van der Waals surface area (Å²) in [4.78, 5) is 6.39. The lowest BCUT2D eigenvalue weighted by Crippen LogP contribution is -2.35. The van der Waals surface area contributed by atoms with Crippen LogP contribution in [-0.4, -0.2) is 23.9 Å². The van der Waals surface area contributed by atoms with E-state index in [9.17, 15) is 0 Å². The lowest BCUT2D eigenvalue weighted by molar-refractivity contribution is 0.487. The van der Waals surface area contributed by atoms with Gasteiger partial charge in [-0.3, -0.25) is 0 Å². The molecule has 0 aromatic heterocycles. The fourth-order valence-corrected chi connectivity index (χ4v) is 1.75. The largest absolute Gasteiger partial charge is 0.370 e. The van der Waals surface area contributed by atoms with Gasteiger partial charge in [-0.15, -0.1) is 0 Å². The number of guanidine groups is 1. The first-order chi connectivity index (χ1) is 7.68. The van der Waals surface area contributed by atoms with Gasteiger partial charge in [0.05, 0.1) is 6.54 Å². The van der Waals surface area contributed by atoms with Gasteiger partial charge in [0.15, 0.2) is 5.96 Å². The fourth-order valence-electron chi connectivity index (χ4n) is 1.55. The molecule has 1 aliphatic rings. The topological polar surface area (TPSA) is 41.6 Å². The molecule has 1 aliphatic carbocycles. The summed E-state index contributed by atoms with van der Waals surface area (Å²) in [6, 6.07) is 8.30. The molecule has 0 bridgehead atoms. The molecule has 0 amide bonds. The fraction of sp³-hybridized carbons (Fsp3) is 0.417. The molecule has 3 nitrogen and oxygen atoms in total. The monoisotopic (exact) mass is 237 g/mol. The van der Waals surface area contributed by atoms with Crippen molar-refractivity contribution in [3.63, 3.8) is 0 Å². The highest BCUT2D eigenvalue weighted by molar-refractivity contribution is 6.31. The number of benzene rings is 1. The first-order valence-electron chi connectivity index (χ1n) is 5.44. The van der Waals surface area contributed by atoms with E-state index in [0.29, 0.717) is 18.5 Å². The smallest absolute Gasteiger partial charge is 0.191 e. The van der Waals surface area contributed by atoms with Gasteiger partial charge < -0.3 is 10.6 Å². The van der Waals surface area contributed by atoms with Crippen molar-refractivity contribution in [2.45, 2.75) is 25.4 Å². The van der Waals surface area contributed by atoms with Gasteiger partial charge in [0.2, 0.25) is 0 Å². The van der Waals surface area contributed by atoms with Crippen LogP contribution in [0, 0.1) is 0 Å². The number of nitrogens with zero attached hydrogens (tertiary/aromatic N) is 2. The van der Waals surface area contributed by atoms with E-state index < -0.39 is 0 Å². The van der Waals surface area contributed by atoms with Gasteiger partial charge >= 0.3 is 0 Å². The second kappa shape index (κ2) is 4.74. The quantitative estimate of drug-likeness (QED) is 0.647. The van der Waals surface area contributed by atoms with Crippen molar-refractivity contribution in [1.29, 1.82) is 0 Å². The first kappa shape index (κ1) is 11.3. The zero-order valence-electron chi connectivity index (χ0n) is 9.36. The summed E-state index contributed by atoms with van der Waals surface area (Å²) in [5.41, 5.74) is 6.90. The summed E-state index contributed by atoms with van der Waals surface area (Å²) in [6.45, 7) is 0.544. The molecule has 1 saturated carbocycles. The highest BCUT2D eigenvalue weighted by atomic mass is 35.5. The Morgan fingerprint density at radius 3 is 2.81 bits per heavy atom. The number of hydrogen-bond acceptors (Lipinski definition) is 1. The van der Waals surface area contributed by atoms with Gasteiger partial charge in [-0.1, -0.05) is 29.8 Å². The van der Waals surface area contributed by atoms with Crippen LogP contribution in [0.25, 0.3) is 0 Å². The predicted octanol–water partition coefficient (Wildman–Crippen LogP) is 2.25. The standard InChI is InChI=1S/C12H16ClN3/c1-16(10-6-7-10)12(14)15-8-9-4-2-3-5-11(9)13/h2-5,10H,6-8H2,1H3,(H2,14,15). The van der Waals surface area contributed by atoms with E-state index in [1.54, 1.807) is 0 Å². The van der Waals surface area contributed by atoms with E-state index in [2.05, 4.69) is 4.99 Å². The van der Waals surface area contributed by atoms with Gasteiger partial charge in [0.25, 0.3) is 0 Å². The lowest BCUT2D eigenvalue weighted by atomic mass is 10.2. The zero-order valence-corrected chi connectivity index (χ0v) is 10.1. The minimum atomic E-state index is 0.544. The van der Waals surface area contributed by atoms with Crippen LogP contribution in [0.4, 0.5) is 0 Å². The molecular weight excluding hydrogens is 222 g/mol. The van der Waals surface area contributed by atoms with Crippen LogP contribution in [0.3, 0.4) is 0 Å². The van der Waals surface area contributed by atoms with Crippen molar-refractivity contribution in [3.8, 4) is 0 Å². The highest BCUT2D eigenvalue weighted by Crippen LogP contribution is 2.25. The zero-order chi connectivity index (χ0) is 11.5. The molecule has 0 aliphatic heterocycles. The van der Waals surface area contributed by atoms with Gasteiger partial charge in [0, 0.05) is 18.1 Å². The van der Waals surface area contributed by atoms with E-state index in [0.717, 1.165) is 10.6 Å². The Morgan fingerprint density at radius 2 is 2.19 bits per heavy atom. The minimum absolute atomic E-state index is 0.544.